The van der Waals surface area contributed by atoms with Gasteiger partial charge in [0.25, 0.3) is 0 Å². The third-order valence-corrected chi connectivity index (χ3v) is 1.66. The molecule has 0 saturated heterocycles. The van der Waals surface area contributed by atoms with Gasteiger partial charge in [-0.25, -0.2) is 4.98 Å². The number of nitrogens with zero attached hydrogens (tertiary/aromatic N) is 1. The van der Waals surface area contributed by atoms with Crippen molar-refractivity contribution in [2.45, 2.75) is 32.1 Å². The standard InChI is InChI=1S/C8H12ClNO/c1-5(2)7-4-11-8(10-7)6(3)9/h4-6H,1-3H3. The van der Waals surface area contributed by atoms with Crippen molar-refractivity contribution in [1.29, 1.82) is 0 Å². The highest BCUT2D eigenvalue weighted by Crippen LogP contribution is 2.21. The lowest BCUT2D eigenvalue weighted by atomic mass is 10.2. The fraction of sp³-hybridized carbons (Fsp3) is 0.625. The van der Waals surface area contributed by atoms with Gasteiger partial charge in [-0.2, -0.15) is 0 Å². The zero-order valence-corrected chi connectivity index (χ0v) is 7.72. The van der Waals surface area contributed by atoms with Gasteiger partial charge in [0.05, 0.1) is 5.69 Å². The van der Waals surface area contributed by atoms with Gasteiger partial charge in [0, 0.05) is 0 Å². The summed E-state index contributed by atoms with van der Waals surface area (Å²) in [6.45, 7) is 5.98. The van der Waals surface area contributed by atoms with Crippen molar-refractivity contribution in [3.05, 3.63) is 17.8 Å². The summed E-state index contributed by atoms with van der Waals surface area (Å²) in [6, 6.07) is 0. The van der Waals surface area contributed by atoms with Crippen molar-refractivity contribution in [3.63, 3.8) is 0 Å². The minimum atomic E-state index is -0.137. The second-order valence-electron chi connectivity index (χ2n) is 2.88. The third kappa shape index (κ3) is 1.96. The second kappa shape index (κ2) is 3.26. The van der Waals surface area contributed by atoms with Gasteiger partial charge < -0.3 is 4.42 Å². The van der Waals surface area contributed by atoms with Crippen molar-refractivity contribution in [2.24, 2.45) is 0 Å². The Kier molecular flexibility index (Phi) is 2.55. The van der Waals surface area contributed by atoms with Crippen LogP contribution in [0.25, 0.3) is 0 Å². The maximum Gasteiger partial charge on any atom is 0.211 e. The highest BCUT2D eigenvalue weighted by molar-refractivity contribution is 6.20. The van der Waals surface area contributed by atoms with E-state index in [0.29, 0.717) is 11.8 Å². The van der Waals surface area contributed by atoms with E-state index in [1.807, 2.05) is 6.92 Å². The summed E-state index contributed by atoms with van der Waals surface area (Å²) in [6.07, 6.45) is 1.67. The Morgan fingerprint density at radius 2 is 2.09 bits per heavy atom. The third-order valence-electron chi connectivity index (χ3n) is 1.47. The molecule has 0 bridgehead atoms. The lowest BCUT2D eigenvalue weighted by Gasteiger charge is -1.95. The zero-order chi connectivity index (χ0) is 8.43. The molecule has 3 heteroatoms. The summed E-state index contributed by atoms with van der Waals surface area (Å²) < 4.78 is 5.14. The summed E-state index contributed by atoms with van der Waals surface area (Å²) in [5.74, 6) is 1.01. The monoisotopic (exact) mass is 173 g/mol. The van der Waals surface area contributed by atoms with Crippen LogP contribution in [0.2, 0.25) is 0 Å². The maximum atomic E-state index is 5.76. The lowest BCUT2D eigenvalue weighted by Crippen LogP contribution is -1.89. The number of aromatic nitrogens is 1. The average Bonchev–Trinajstić information content (AvgIpc) is 2.33. The summed E-state index contributed by atoms with van der Waals surface area (Å²) in [7, 11) is 0. The van der Waals surface area contributed by atoms with Gasteiger partial charge in [0.2, 0.25) is 5.89 Å². The van der Waals surface area contributed by atoms with Crippen LogP contribution in [0.5, 0.6) is 0 Å². The van der Waals surface area contributed by atoms with Crippen LogP contribution in [0.3, 0.4) is 0 Å². The normalized spacial score (nSPS) is 13.9. The van der Waals surface area contributed by atoms with Gasteiger partial charge in [0.1, 0.15) is 11.6 Å². The van der Waals surface area contributed by atoms with E-state index in [1.54, 1.807) is 6.26 Å². The molecule has 1 atom stereocenters. The van der Waals surface area contributed by atoms with E-state index in [1.165, 1.54) is 0 Å². The molecule has 1 rings (SSSR count). The Labute approximate surface area is 71.6 Å². The molecule has 62 valence electrons. The maximum absolute atomic E-state index is 5.76. The Balaban J connectivity index is 2.82. The fourth-order valence-electron chi connectivity index (χ4n) is 0.749. The number of oxazole rings is 1. The number of hydrogen-bond acceptors (Lipinski definition) is 2. The van der Waals surface area contributed by atoms with Gasteiger partial charge in [-0.3, -0.25) is 0 Å². The molecule has 0 spiro atoms. The van der Waals surface area contributed by atoms with Crippen molar-refractivity contribution in [2.75, 3.05) is 0 Å². The van der Waals surface area contributed by atoms with E-state index in [4.69, 9.17) is 16.0 Å². The van der Waals surface area contributed by atoms with Crippen LogP contribution in [-0.2, 0) is 0 Å². The van der Waals surface area contributed by atoms with E-state index in [9.17, 15) is 0 Å². The van der Waals surface area contributed by atoms with Crippen LogP contribution >= 0.6 is 11.6 Å². The number of rotatable bonds is 2. The Morgan fingerprint density at radius 3 is 2.36 bits per heavy atom. The molecule has 0 saturated carbocycles. The van der Waals surface area contributed by atoms with Crippen LogP contribution in [0.4, 0.5) is 0 Å². The second-order valence-corrected chi connectivity index (χ2v) is 3.54. The average molecular weight is 174 g/mol. The molecular formula is C8H12ClNO. The molecule has 0 fully saturated rings. The number of hydrogen-bond donors (Lipinski definition) is 0. The van der Waals surface area contributed by atoms with Crippen LogP contribution in [-0.4, -0.2) is 4.98 Å². The van der Waals surface area contributed by atoms with Gasteiger partial charge in [0.15, 0.2) is 0 Å². The molecule has 0 aliphatic rings. The predicted octanol–water partition coefficient (Wildman–Crippen LogP) is 3.10. The first-order valence-corrected chi connectivity index (χ1v) is 4.14. The molecule has 0 aliphatic carbocycles. The van der Waals surface area contributed by atoms with Crippen molar-refractivity contribution < 1.29 is 4.42 Å². The highest BCUT2D eigenvalue weighted by Gasteiger charge is 2.10. The van der Waals surface area contributed by atoms with E-state index in [0.717, 1.165) is 5.69 Å². The Morgan fingerprint density at radius 1 is 1.45 bits per heavy atom. The quantitative estimate of drug-likeness (QED) is 0.643. The van der Waals surface area contributed by atoms with Gasteiger partial charge in [-0.1, -0.05) is 13.8 Å². The SMILES string of the molecule is CC(C)c1coc(C(C)Cl)n1. The van der Waals surface area contributed by atoms with Crippen LogP contribution in [0.1, 0.15) is 43.7 Å². The predicted molar refractivity (Wildman–Crippen MR) is 44.9 cm³/mol. The topological polar surface area (TPSA) is 26.0 Å². The molecule has 1 aromatic heterocycles. The van der Waals surface area contributed by atoms with Crippen LogP contribution in [0, 0.1) is 0 Å². The molecule has 1 aromatic rings. The molecule has 0 N–H and O–H groups in total. The zero-order valence-electron chi connectivity index (χ0n) is 6.97. The smallest absolute Gasteiger partial charge is 0.211 e. The van der Waals surface area contributed by atoms with Crippen molar-refractivity contribution >= 4 is 11.6 Å². The Bertz CT molecular complexity index is 207. The number of alkyl halides is 1. The van der Waals surface area contributed by atoms with E-state index >= 15 is 0 Å². The minimum Gasteiger partial charge on any atom is -0.447 e. The summed E-state index contributed by atoms with van der Waals surface area (Å²) >= 11 is 5.76. The minimum absolute atomic E-state index is 0.137. The van der Waals surface area contributed by atoms with Crippen LogP contribution < -0.4 is 0 Å². The molecule has 0 aliphatic heterocycles. The molecule has 1 heterocycles. The fourth-order valence-corrected chi connectivity index (χ4v) is 0.849. The molecule has 11 heavy (non-hydrogen) atoms. The van der Waals surface area contributed by atoms with Crippen LogP contribution in [0.15, 0.2) is 10.7 Å². The molecule has 1 unspecified atom stereocenters. The van der Waals surface area contributed by atoms with Crippen molar-refractivity contribution in [1.82, 2.24) is 4.98 Å². The lowest BCUT2D eigenvalue weighted by molar-refractivity contribution is 0.495. The molecule has 2 nitrogen and oxygen atoms in total. The van der Waals surface area contributed by atoms with E-state index < -0.39 is 0 Å². The van der Waals surface area contributed by atoms with Gasteiger partial charge in [-0.05, 0) is 12.8 Å². The van der Waals surface area contributed by atoms with Gasteiger partial charge in [-0.15, -0.1) is 11.6 Å². The molecule has 0 aromatic carbocycles. The molecule has 0 amide bonds. The van der Waals surface area contributed by atoms with Crippen molar-refractivity contribution in [3.8, 4) is 0 Å². The molecule has 0 radical (unpaired) electrons. The number of halogens is 1. The summed E-state index contributed by atoms with van der Waals surface area (Å²) in [5, 5.41) is -0.137. The van der Waals surface area contributed by atoms with E-state index in [-0.39, 0.29) is 5.38 Å². The highest BCUT2D eigenvalue weighted by atomic mass is 35.5. The first-order chi connectivity index (χ1) is 5.11. The van der Waals surface area contributed by atoms with E-state index in [2.05, 4.69) is 18.8 Å². The summed E-state index contributed by atoms with van der Waals surface area (Å²) in [4.78, 5) is 4.21. The first-order valence-electron chi connectivity index (χ1n) is 3.70. The summed E-state index contributed by atoms with van der Waals surface area (Å²) in [5.41, 5.74) is 0.965. The Hall–Kier alpha value is -0.500. The molecular weight excluding hydrogens is 162 g/mol. The van der Waals surface area contributed by atoms with Gasteiger partial charge >= 0.3 is 0 Å². The first kappa shape index (κ1) is 8.60. The largest absolute Gasteiger partial charge is 0.447 e.